The van der Waals surface area contributed by atoms with Crippen LogP contribution < -0.4 is 0 Å². The van der Waals surface area contributed by atoms with Crippen molar-refractivity contribution in [2.24, 2.45) is 11.8 Å². The summed E-state index contributed by atoms with van der Waals surface area (Å²) in [6.45, 7) is -0.0334. The average Bonchev–Trinajstić information content (AvgIpc) is 3.41. The Labute approximate surface area is 220 Å². The van der Waals surface area contributed by atoms with E-state index in [0.717, 1.165) is 4.90 Å². The second kappa shape index (κ2) is 8.25. The number of rotatable bonds is 3. The summed E-state index contributed by atoms with van der Waals surface area (Å²) in [4.78, 5) is 56.2. The molecule has 0 N–H and O–H groups in total. The second-order valence-corrected chi connectivity index (χ2v) is 10.3. The first-order valence-electron chi connectivity index (χ1n) is 11.1. The number of hydrogen-bond acceptors (Lipinski definition) is 5. The van der Waals surface area contributed by atoms with Crippen molar-refractivity contribution in [3.8, 4) is 0 Å². The lowest BCUT2D eigenvalue weighted by molar-refractivity contribution is -0.145. The van der Waals surface area contributed by atoms with Crippen LogP contribution in [0.1, 0.15) is 37.9 Å². The van der Waals surface area contributed by atoms with E-state index >= 15 is 0 Å². The Hall–Kier alpha value is -3.03. The number of Topliss-reactive ketones (excluding diaryl/α,β-unsaturated/α-hetero) is 2. The lowest BCUT2D eigenvalue weighted by Crippen LogP contribution is -2.50. The van der Waals surface area contributed by atoms with Crippen molar-refractivity contribution in [3.05, 3.63) is 104 Å². The highest BCUT2D eigenvalue weighted by molar-refractivity contribution is 6.36. The van der Waals surface area contributed by atoms with Gasteiger partial charge < -0.3 is 4.74 Å². The van der Waals surface area contributed by atoms with Crippen LogP contribution in [0.2, 0.25) is 15.1 Å². The Morgan fingerprint density at radius 2 is 1.39 bits per heavy atom. The first-order chi connectivity index (χ1) is 17.2. The highest BCUT2D eigenvalue weighted by Gasteiger charge is 2.74. The van der Waals surface area contributed by atoms with E-state index in [-0.39, 0.29) is 22.7 Å². The summed E-state index contributed by atoms with van der Waals surface area (Å²) in [5.41, 5.74) is -0.770. The van der Waals surface area contributed by atoms with Gasteiger partial charge in [0.05, 0.1) is 24.5 Å². The molecular formula is C27H16Cl3NO5. The Morgan fingerprint density at radius 1 is 0.778 bits per heavy atom. The third-order valence-corrected chi connectivity index (χ3v) is 7.95. The van der Waals surface area contributed by atoms with Gasteiger partial charge >= 0.3 is 0 Å². The van der Waals surface area contributed by atoms with Crippen LogP contribution in [0.25, 0.3) is 0 Å². The lowest BCUT2D eigenvalue weighted by Gasteiger charge is -2.27. The lowest BCUT2D eigenvalue weighted by atomic mass is 9.77. The first-order valence-corrected chi connectivity index (χ1v) is 12.3. The zero-order valence-corrected chi connectivity index (χ0v) is 20.7. The van der Waals surface area contributed by atoms with Crippen molar-refractivity contribution in [2.45, 2.75) is 18.2 Å². The third-order valence-electron chi connectivity index (χ3n) is 7.13. The van der Waals surface area contributed by atoms with E-state index in [9.17, 15) is 19.2 Å². The van der Waals surface area contributed by atoms with Gasteiger partial charge in [0.1, 0.15) is 0 Å². The standard InChI is InChI=1S/C27H16Cl3NO5/c28-14-7-5-13(6-8-14)12-31-25(34)20-21(26(31)35)27(23(32)16-3-1-2-4-17(16)24(27)33)36-22(20)18-10-9-15(29)11-19(18)30/h1-11,20-22H,12H2/t20-,21+,22+/m0/s1. The Kier molecular flexibility index (Phi) is 5.36. The number of fused-ring (bicyclic) bond motifs is 3. The van der Waals surface area contributed by atoms with E-state index in [2.05, 4.69) is 0 Å². The van der Waals surface area contributed by atoms with Crippen LogP contribution in [0.3, 0.4) is 0 Å². The van der Waals surface area contributed by atoms with E-state index < -0.39 is 46.9 Å². The minimum Gasteiger partial charge on any atom is -0.349 e. The third kappa shape index (κ3) is 3.15. The van der Waals surface area contributed by atoms with Crippen LogP contribution in [-0.4, -0.2) is 33.9 Å². The predicted molar refractivity (Wildman–Crippen MR) is 132 cm³/mol. The Balaban J connectivity index is 1.49. The molecule has 9 heteroatoms. The smallest absolute Gasteiger partial charge is 0.237 e. The summed E-state index contributed by atoms with van der Waals surface area (Å²) < 4.78 is 6.23. The topological polar surface area (TPSA) is 80.8 Å². The normalized spacial score (nSPS) is 24.1. The summed E-state index contributed by atoms with van der Waals surface area (Å²) in [6.07, 6.45) is -1.10. The van der Waals surface area contributed by atoms with Crippen LogP contribution in [-0.2, 0) is 20.9 Å². The molecule has 0 aromatic heterocycles. The molecule has 180 valence electrons. The Bertz CT molecular complexity index is 1450. The highest BCUT2D eigenvalue weighted by Crippen LogP contribution is 2.58. The van der Waals surface area contributed by atoms with Gasteiger partial charge in [-0.15, -0.1) is 0 Å². The quantitative estimate of drug-likeness (QED) is 0.331. The van der Waals surface area contributed by atoms with Gasteiger partial charge in [-0.05, 0) is 29.8 Å². The molecule has 3 aliphatic rings. The number of ether oxygens (including phenoxy) is 1. The van der Waals surface area contributed by atoms with Crippen LogP contribution in [0, 0.1) is 11.8 Å². The number of halogens is 3. The van der Waals surface area contributed by atoms with E-state index in [0.29, 0.717) is 21.2 Å². The summed E-state index contributed by atoms with van der Waals surface area (Å²) in [7, 11) is 0. The van der Waals surface area contributed by atoms with Gasteiger partial charge in [0.25, 0.3) is 0 Å². The summed E-state index contributed by atoms with van der Waals surface area (Å²) in [5.74, 6) is -4.88. The van der Waals surface area contributed by atoms with Crippen molar-refractivity contribution < 1.29 is 23.9 Å². The Morgan fingerprint density at radius 3 is 2.00 bits per heavy atom. The first kappa shape index (κ1) is 23.4. The van der Waals surface area contributed by atoms with Gasteiger partial charge in [-0.3, -0.25) is 24.1 Å². The van der Waals surface area contributed by atoms with E-state index in [1.54, 1.807) is 48.5 Å². The maximum absolute atomic E-state index is 13.8. The molecule has 2 saturated heterocycles. The monoisotopic (exact) mass is 539 g/mol. The predicted octanol–water partition coefficient (Wildman–Crippen LogP) is 5.34. The number of carbonyl (C=O) groups is 4. The zero-order chi connectivity index (χ0) is 25.4. The van der Waals surface area contributed by atoms with E-state index in [1.165, 1.54) is 18.2 Å². The molecule has 1 aliphatic carbocycles. The number of benzene rings is 3. The SMILES string of the molecule is O=C1[C@@H]2[C@@H](c3ccc(Cl)cc3Cl)OC3(C(=O)c4ccccc4C3=O)[C@H]2C(=O)N1Cc1ccc(Cl)cc1. The van der Waals surface area contributed by atoms with Gasteiger partial charge in [-0.25, -0.2) is 0 Å². The second-order valence-electron chi connectivity index (χ2n) is 9.04. The van der Waals surface area contributed by atoms with Gasteiger partial charge in [0, 0.05) is 31.8 Å². The number of carbonyl (C=O) groups excluding carboxylic acids is 4. The van der Waals surface area contributed by atoms with Crippen molar-refractivity contribution in [2.75, 3.05) is 0 Å². The molecule has 3 aromatic rings. The molecule has 0 unspecified atom stereocenters. The fraction of sp³-hybridized carbons (Fsp3) is 0.185. The number of imide groups is 1. The molecule has 0 bridgehead atoms. The van der Waals surface area contributed by atoms with Crippen LogP contribution in [0.4, 0.5) is 0 Å². The minimum atomic E-state index is -2.15. The minimum absolute atomic E-state index is 0.0334. The van der Waals surface area contributed by atoms with Gasteiger partial charge in [-0.2, -0.15) is 0 Å². The number of amides is 2. The summed E-state index contributed by atoms with van der Waals surface area (Å²) in [6, 6.07) is 17.7. The maximum Gasteiger partial charge on any atom is 0.237 e. The van der Waals surface area contributed by atoms with Crippen LogP contribution in [0.15, 0.2) is 66.7 Å². The molecular weight excluding hydrogens is 525 g/mol. The molecule has 2 heterocycles. The zero-order valence-electron chi connectivity index (χ0n) is 18.4. The largest absolute Gasteiger partial charge is 0.349 e. The van der Waals surface area contributed by atoms with E-state index in [4.69, 9.17) is 39.5 Å². The number of nitrogens with zero attached hydrogens (tertiary/aromatic N) is 1. The van der Waals surface area contributed by atoms with Crippen molar-refractivity contribution >= 4 is 58.2 Å². The van der Waals surface area contributed by atoms with Crippen molar-refractivity contribution in [1.82, 2.24) is 4.90 Å². The fourth-order valence-electron chi connectivity index (χ4n) is 5.52. The highest BCUT2D eigenvalue weighted by atomic mass is 35.5. The van der Waals surface area contributed by atoms with Crippen molar-refractivity contribution in [3.63, 3.8) is 0 Å². The molecule has 1 spiro atoms. The fourth-order valence-corrected chi connectivity index (χ4v) is 6.16. The van der Waals surface area contributed by atoms with Crippen molar-refractivity contribution in [1.29, 1.82) is 0 Å². The molecule has 3 aromatic carbocycles. The summed E-state index contributed by atoms with van der Waals surface area (Å²) in [5, 5.41) is 1.08. The number of hydrogen-bond donors (Lipinski definition) is 0. The van der Waals surface area contributed by atoms with Crippen LogP contribution >= 0.6 is 34.8 Å². The molecule has 6 nitrogen and oxygen atoms in total. The molecule has 2 aliphatic heterocycles. The number of likely N-dealkylation sites (tertiary alicyclic amines) is 1. The molecule has 0 saturated carbocycles. The molecule has 0 radical (unpaired) electrons. The molecule has 2 fully saturated rings. The molecule has 36 heavy (non-hydrogen) atoms. The van der Waals surface area contributed by atoms with Gasteiger partial charge in [0.2, 0.25) is 29.0 Å². The van der Waals surface area contributed by atoms with Gasteiger partial charge in [-0.1, -0.05) is 77.3 Å². The number of ketones is 2. The summed E-state index contributed by atoms with van der Waals surface area (Å²) >= 11 is 18.5. The van der Waals surface area contributed by atoms with Gasteiger partial charge in [0.15, 0.2) is 0 Å². The average molecular weight is 541 g/mol. The maximum atomic E-state index is 13.8. The molecule has 6 rings (SSSR count). The van der Waals surface area contributed by atoms with Crippen LogP contribution in [0.5, 0.6) is 0 Å². The van der Waals surface area contributed by atoms with E-state index in [1.807, 2.05) is 0 Å². The molecule has 2 amide bonds. The molecule has 3 atom stereocenters.